The fraction of sp³-hybridized carbons (Fsp3) is 0.467. The number of amides is 2. The highest BCUT2D eigenvalue weighted by molar-refractivity contribution is 6.31. The van der Waals surface area contributed by atoms with Gasteiger partial charge in [-0.3, -0.25) is 34.3 Å². The molecule has 0 aliphatic carbocycles. The highest BCUT2D eigenvalue weighted by Crippen LogP contribution is 2.41. The smallest absolute Gasteiger partial charge is 0.243 e. The molecule has 3 aromatic carbocycles. The van der Waals surface area contributed by atoms with Crippen LogP contribution < -0.4 is 25.0 Å². The molecule has 4 aliphatic rings. The number of piperidine rings is 2. The number of fused-ring (bicyclic) bond motifs is 2. The minimum absolute atomic E-state index is 0.0166. The van der Waals surface area contributed by atoms with Crippen molar-refractivity contribution in [2.75, 3.05) is 63.2 Å². The van der Waals surface area contributed by atoms with Crippen LogP contribution in [0.3, 0.4) is 0 Å². The third kappa shape index (κ3) is 9.20. The minimum Gasteiger partial charge on any atom is -0.493 e. The van der Waals surface area contributed by atoms with Crippen molar-refractivity contribution < 1.29 is 33.0 Å². The number of Topliss-reactive ketones (excluding diaryl/α,β-unsaturated/α-hetero) is 1. The van der Waals surface area contributed by atoms with Crippen molar-refractivity contribution in [2.45, 2.75) is 76.7 Å². The number of ether oxygens (including phenoxy) is 2. The predicted molar refractivity (Wildman–Crippen MR) is 230 cm³/mol. The van der Waals surface area contributed by atoms with Crippen molar-refractivity contribution in [1.29, 1.82) is 0 Å². The number of nitrogens with one attached hydrogen (secondary N) is 2. The Balaban J connectivity index is 0.815. The maximum atomic E-state index is 13.7. The number of carbonyl (C=O) groups excluding carboxylic acids is 4. The first-order valence-corrected chi connectivity index (χ1v) is 21.5. The highest BCUT2D eigenvalue weighted by atomic mass is 35.5. The van der Waals surface area contributed by atoms with Crippen molar-refractivity contribution in [2.24, 2.45) is 5.92 Å². The summed E-state index contributed by atoms with van der Waals surface area (Å²) >= 11 is 6.00. The quantitative estimate of drug-likeness (QED) is 0.0694. The van der Waals surface area contributed by atoms with Gasteiger partial charge >= 0.3 is 0 Å². The molecule has 4 aromatic rings. The minimum atomic E-state index is -0.848. The third-order valence-corrected chi connectivity index (χ3v) is 12.9. The van der Waals surface area contributed by atoms with Gasteiger partial charge < -0.3 is 24.6 Å². The molecule has 0 spiro atoms. The topological polar surface area (TPSA) is 150 Å². The Labute approximate surface area is 359 Å². The average Bonchev–Trinajstić information content (AvgIpc) is 3.62. The van der Waals surface area contributed by atoms with Gasteiger partial charge in [-0.2, -0.15) is 0 Å². The number of hydrogen-bond donors (Lipinski definition) is 2. The van der Waals surface area contributed by atoms with Gasteiger partial charge in [-0.1, -0.05) is 17.7 Å². The van der Waals surface area contributed by atoms with Crippen LogP contribution in [0.2, 0.25) is 5.02 Å². The number of imide groups is 1. The zero-order valence-electron chi connectivity index (χ0n) is 34.7. The molecule has 4 aliphatic heterocycles. The van der Waals surface area contributed by atoms with E-state index in [1.807, 2.05) is 24.3 Å². The maximum Gasteiger partial charge on any atom is 0.243 e. The van der Waals surface area contributed by atoms with Gasteiger partial charge in [0, 0.05) is 74.1 Å². The molecule has 1 aromatic heterocycles. The van der Waals surface area contributed by atoms with Crippen LogP contribution >= 0.6 is 11.6 Å². The maximum absolute atomic E-state index is 13.7. The largest absolute Gasteiger partial charge is 0.493 e. The van der Waals surface area contributed by atoms with E-state index < -0.39 is 29.6 Å². The lowest BCUT2D eigenvalue weighted by molar-refractivity contribution is -0.141. The number of nitrogens with zero attached hydrogens (tertiary/aromatic N) is 6. The van der Waals surface area contributed by atoms with Crippen LogP contribution in [0.15, 0.2) is 54.9 Å². The number of benzene rings is 3. The van der Waals surface area contributed by atoms with E-state index >= 15 is 0 Å². The van der Waals surface area contributed by atoms with Crippen LogP contribution in [0.25, 0.3) is 10.9 Å². The number of aromatic nitrogens is 2. The SMILES string of the molecule is COc1cc2ncnc(Nc3ccc(F)c(Cl)c3)c2cc1OCCCN1CCC(CN2CC(C)N(c3ccc4c(c3)C(C(=O)C=O)N(C3CCC(=O)NC3=O)C4)C(C)C2)CC1. The van der Waals surface area contributed by atoms with Crippen LogP contribution in [-0.4, -0.2) is 120 Å². The Bertz CT molecular complexity index is 2300. The van der Waals surface area contributed by atoms with E-state index in [-0.39, 0.29) is 29.4 Å². The van der Waals surface area contributed by atoms with Gasteiger partial charge in [0.05, 0.1) is 30.3 Å². The number of carbonyl (C=O) groups is 4. The van der Waals surface area contributed by atoms with Gasteiger partial charge in [-0.15, -0.1) is 0 Å². The molecule has 2 amide bonds. The molecule has 8 rings (SSSR count). The number of rotatable bonds is 14. The van der Waals surface area contributed by atoms with Crippen molar-refractivity contribution in [3.05, 3.63) is 76.8 Å². The first-order valence-electron chi connectivity index (χ1n) is 21.1. The molecule has 14 nitrogen and oxygen atoms in total. The number of methoxy groups -OCH3 is 1. The van der Waals surface area contributed by atoms with Gasteiger partial charge in [0.25, 0.3) is 0 Å². The molecular weight excluding hydrogens is 803 g/mol. The molecule has 61 heavy (non-hydrogen) atoms. The first-order chi connectivity index (χ1) is 29.5. The van der Waals surface area contributed by atoms with E-state index in [0.29, 0.717) is 60.3 Å². The van der Waals surface area contributed by atoms with E-state index in [0.717, 1.165) is 80.7 Å². The van der Waals surface area contributed by atoms with Gasteiger partial charge in [-0.25, -0.2) is 14.4 Å². The third-order valence-electron chi connectivity index (χ3n) is 12.6. The Morgan fingerprint density at radius 2 is 1.79 bits per heavy atom. The summed E-state index contributed by atoms with van der Waals surface area (Å²) in [5.74, 6) is 0.524. The number of anilines is 3. The lowest BCUT2D eigenvalue weighted by Gasteiger charge is -2.47. The molecule has 3 saturated heterocycles. The first kappa shape index (κ1) is 42.5. The van der Waals surface area contributed by atoms with Crippen LogP contribution in [0, 0.1) is 11.7 Å². The van der Waals surface area contributed by atoms with Crippen molar-refractivity contribution in [1.82, 2.24) is 30.0 Å². The number of ketones is 1. The van der Waals surface area contributed by atoms with E-state index in [1.54, 1.807) is 18.1 Å². The van der Waals surface area contributed by atoms with Crippen molar-refractivity contribution in [3.63, 3.8) is 0 Å². The molecule has 322 valence electrons. The lowest BCUT2D eigenvalue weighted by Crippen LogP contribution is -2.58. The lowest BCUT2D eigenvalue weighted by atomic mass is 9.94. The van der Waals surface area contributed by atoms with Gasteiger partial charge in [-0.05, 0) is 106 Å². The van der Waals surface area contributed by atoms with E-state index in [1.165, 1.54) is 18.5 Å². The summed E-state index contributed by atoms with van der Waals surface area (Å²) in [7, 11) is 1.60. The number of likely N-dealkylation sites (tertiary alicyclic amines) is 1. The second-order valence-corrected chi connectivity index (χ2v) is 17.2. The fourth-order valence-electron chi connectivity index (χ4n) is 9.74. The molecule has 0 bridgehead atoms. The fourth-order valence-corrected chi connectivity index (χ4v) is 9.92. The molecular formula is C45H52ClFN8O6. The summed E-state index contributed by atoms with van der Waals surface area (Å²) in [5.41, 5.74) is 3.97. The summed E-state index contributed by atoms with van der Waals surface area (Å²) in [6, 6.07) is 13.2. The van der Waals surface area contributed by atoms with Gasteiger partial charge in [0.15, 0.2) is 17.8 Å². The van der Waals surface area contributed by atoms with E-state index in [4.69, 9.17) is 21.1 Å². The summed E-state index contributed by atoms with van der Waals surface area (Å²) in [5, 5.41) is 6.36. The number of piperazine rings is 1. The van der Waals surface area contributed by atoms with Crippen LogP contribution in [-0.2, 0) is 25.7 Å². The second-order valence-electron chi connectivity index (χ2n) is 16.8. The number of aldehydes is 1. The standard InChI is InChI=1S/C45H52ClFN8O6/c1-27-21-53(22-28(2)55(27)32-7-5-30-24-54(38-9-10-42(58)51-45(38)59)43(33(30)18-32)39(57)25-56)23-29-11-14-52(15-12-29)13-4-16-61-41-19-34-37(20-40(41)60-3)48-26-49-44(34)50-31-6-8-36(47)35(46)17-31/h5-8,17-20,25-29,38,43H,4,9-16,21-24H2,1-3H3,(H,48,49,50)(H,51,58,59). The zero-order valence-corrected chi connectivity index (χ0v) is 35.5. The average molecular weight is 855 g/mol. The van der Waals surface area contributed by atoms with Crippen molar-refractivity contribution in [3.8, 4) is 11.5 Å². The van der Waals surface area contributed by atoms with Gasteiger partial charge in [0.2, 0.25) is 17.6 Å². The molecule has 4 unspecified atom stereocenters. The Morgan fingerprint density at radius 1 is 1.00 bits per heavy atom. The summed E-state index contributed by atoms with van der Waals surface area (Å²) in [4.78, 5) is 67.6. The molecule has 16 heteroatoms. The van der Waals surface area contributed by atoms with Crippen LogP contribution in [0.5, 0.6) is 11.5 Å². The Kier molecular flexibility index (Phi) is 12.8. The summed E-state index contributed by atoms with van der Waals surface area (Å²) in [6.45, 7) is 11.3. The monoisotopic (exact) mass is 854 g/mol. The van der Waals surface area contributed by atoms with Crippen LogP contribution in [0.1, 0.15) is 63.1 Å². The highest BCUT2D eigenvalue weighted by Gasteiger charge is 2.44. The molecule has 3 fully saturated rings. The molecule has 5 heterocycles. The van der Waals surface area contributed by atoms with E-state index in [9.17, 15) is 23.6 Å². The molecule has 0 saturated carbocycles. The van der Waals surface area contributed by atoms with E-state index in [2.05, 4.69) is 55.2 Å². The summed E-state index contributed by atoms with van der Waals surface area (Å²) < 4.78 is 25.6. The summed E-state index contributed by atoms with van der Waals surface area (Å²) in [6.07, 6.45) is 5.45. The number of hydrogen-bond acceptors (Lipinski definition) is 13. The Morgan fingerprint density at radius 3 is 2.51 bits per heavy atom. The normalized spacial score (nSPS) is 22.9. The Hall–Kier alpha value is -5.22. The predicted octanol–water partition coefficient (Wildman–Crippen LogP) is 5.68. The molecule has 4 atom stereocenters. The van der Waals surface area contributed by atoms with Gasteiger partial charge in [0.1, 0.15) is 24.0 Å². The number of halogens is 2. The zero-order chi connectivity index (χ0) is 42.8. The second kappa shape index (κ2) is 18.4. The van der Waals surface area contributed by atoms with Crippen molar-refractivity contribution >= 4 is 63.6 Å². The van der Waals surface area contributed by atoms with Crippen LogP contribution in [0.4, 0.5) is 21.6 Å². The molecule has 0 radical (unpaired) electrons. The molecule has 2 N–H and O–H groups in total.